The lowest BCUT2D eigenvalue weighted by molar-refractivity contribution is 0.415. The number of rotatable bonds is 3. The molecular weight excluding hydrogens is 268 g/mol. The number of piperidine rings is 1. The first kappa shape index (κ1) is 13.6. The molecule has 1 aliphatic heterocycles. The summed E-state index contributed by atoms with van der Waals surface area (Å²) >= 11 is 1.86. The molecule has 0 spiro atoms. The zero-order valence-electron chi connectivity index (χ0n) is 12.0. The molecule has 2 aromatic rings. The van der Waals surface area contributed by atoms with E-state index in [1.165, 1.54) is 28.3 Å². The summed E-state index contributed by atoms with van der Waals surface area (Å²) in [5.74, 6) is 1.52. The van der Waals surface area contributed by atoms with Crippen LogP contribution in [0.25, 0.3) is 11.3 Å². The number of hydrogen-bond donors (Lipinski definition) is 1. The summed E-state index contributed by atoms with van der Waals surface area (Å²) in [5, 5.41) is 4.71. The van der Waals surface area contributed by atoms with E-state index in [2.05, 4.69) is 24.4 Å². The smallest absolute Gasteiger partial charge is 0.118 e. The summed E-state index contributed by atoms with van der Waals surface area (Å²) in [6.07, 6.45) is 2.41. The highest BCUT2D eigenvalue weighted by Crippen LogP contribution is 2.35. The lowest BCUT2D eigenvalue weighted by Crippen LogP contribution is -2.26. The van der Waals surface area contributed by atoms with Crippen molar-refractivity contribution in [2.45, 2.75) is 25.7 Å². The minimum atomic E-state index is 0.631. The molecule has 0 bridgehead atoms. The molecule has 0 atom stereocenters. The van der Waals surface area contributed by atoms with E-state index in [0.717, 1.165) is 24.5 Å². The highest BCUT2D eigenvalue weighted by atomic mass is 32.1. The van der Waals surface area contributed by atoms with E-state index in [4.69, 9.17) is 9.72 Å². The fourth-order valence-corrected chi connectivity index (χ4v) is 3.79. The summed E-state index contributed by atoms with van der Waals surface area (Å²) in [4.78, 5) is 6.22. The van der Waals surface area contributed by atoms with Gasteiger partial charge in [0.05, 0.1) is 17.8 Å². The van der Waals surface area contributed by atoms with Gasteiger partial charge in [0.15, 0.2) is 0 Å². The standard InChI is InChI=1S/C16H20N2OS/c1-11-15(12-3-5-14(19-2)6-4-12)18-16(20-11)13-7-9-17-10-8-13/h3-6,13,17H,7-10H2,1-2H3. The van der Waals surface area contributed by atoms with E-state index in [-0.39, 0.29) is 0 Å². The van der Waals surface area contributed by atoms with E-state index >= 15 is 0 Å². The molecule has 0 saturated carbocycles. The quantitative estimate of drug-likeness (QED) is 0.937. The first-order valence-corrected chi connectivity index (χ1v) is 7.92. The third-order valence-electron chi connectivity index (χ3n) is 3.86. The Morgan fingerprint density at radius 1 is 1.20 bits per heavy atom. The molecule has 1 aromatic heterocycles. The highest BCUT2D eigenvalue weighted by molar-refractivity contribution is 7.12. The molecule has 1 N–H and O–H groups in total. The number of benzene rings is 1. The summed E-state index contributed by atoms with van der Waals surface area (Å²) in [6, 6.07) is 8.18. The molecule has 1 saturated heterocycles. The average molecular weight is 288 g/mol. The van der Waals surface area contributed by atoms with Crippen LogP contribution in [0, 0.1) is 6.92 Å². The van der Waals surface area contributed by atoms with Crippen LogP contribution in [0.1, 0.15) is 28.6 Å². The fraction of sp³-hybridized carbons (Fsp3) is 0.438. The van der Waals surface area contributed by atoms with Gasteiger partial charge in [-0.3, -0.25) is 0 Å². The number of aromatic nitrogens is 1. The van der Waals surface area contributed by atoms with Crippen molar-refractivity contribution in [2.24, 2.45) is 0 Å². The van der Waals surface area contributed by atoms with Crippen LogP contribution in [-0.2, 0) is 0 Å². The molecule has 0 radical (unpaired) electrons. The van der Waals surface area contributed by atoms with Gasteiger partial charge in [0.2, 0.25) is 0 Å². The number of nitrogens with one attached hydrogen (secondary N) is 1. The minimum Gasteiger partial charge on any atom is -0.497 e. The van der Waals surface area contributed by atoms with Gasteiger partial charge in [-0.2, -0.15) is 0 Å². The molecule has 1 fully saturated rings. The number of aryl methyl sites for hydroxylation is 1. The maximum absolute atomic E-state index is 5.21. The average Bonchev–Trinajstić information content (AvgIpc) is 2.90. The Labute approximate surface area is 124 Å². The summed E-state index contributed by atoms with van der Waals surface area (Å²) < 4.78 is 5.21. The van der Waals surface area contributed by atoms with E-state index in [9.17, 15) is 0 Å². The molecule has 2 heterocycles. The van der Waals surface area contributed by atoms with Crippen molar-refractivity contribution in [3.8, 4) is 17.0 Å². The monoisotopic (exact) mass is 288 g/mol. The second-order valence-corrected chi connectivity index (χ2v) is 6.44. The molecule has 0 amide bonds. The second kappa shape index (κ2) is 5.94. The van der Waals surface area contributed by atoms with Crippen molar-refractivity contribution < 1.29 is 4.74 Å². The van der Waals surface area contributed by atoms with Crippen LogP contribution in [0.5, 0.6) is 5.75 Å². The number of hydrogen-bond acceptors (Lipinski definition) is 4. The molecule has 106 valence electrons. The third kappa shape index (κ3) is 2.72. The molecule has 0 unspecified atom stereocenters. The zero-order valence-corrected chi connectivity index (χ0v) is 12.8. The fourth-order valence-electron chi connectivity index (χ4n) is 2.68. The number of thiazole rings is 1. The highest BCUT2D eigenvalue weighted by Gasteiger charge is 2.20. The van der Waals surface area contributed by atoms with Gasteiger partial charge in [-0.05, 0) is 57.1 Å². The van der Waals surface area contributed by atoms with Gasteiger partial charge in [-0.15, -0.1) is 11.3 Å². The van der Waals surface area contributed by atoms with Crippen LogP contribution in [0.4, 0.5) is 0 Å². The van der Waals surface area contributed by atoms with Crippen molar-refractivity contribution >= 4 is 11.3 Å². The largest absolute Gasteiger partial charge is 0.497 e. The van der Waals surface area contributed by atoms with Crippen LogP contribution in [0.2, 0.25) is 0 Å². The lowest BCUT2D eigenvalue weighted by atomic mass is 9.99. The number of ether oxygens (including phenoxy) is 1. The normalized spacial score (nSPS) is 16.3. The van der Waals surface area contributed by atoms with Crippen molar-refractivity contribution in [1.82, 2.24) is 10.3 Å². The summed E-state index contributed by atoms with van der Waals surface area (Å²) in [5.41, 5.74) is 2.31. The van der Waals surface area contributed by atoms with Crippen molar-refractivity contribution in [1.29, 1.82) is 0 Å². The lowest BCUT2D eigenvalue weighted by Gasteiger charge is -2.20. The van der Waals surface area contributed by atoms with Crippen LogP contribution in [0.15, 0.2) is 24.3 Å². The summed E-state index contributed by atoms with van der Waals surface area (Å²) in [7, 11) is 1.69. The second-order valence-electron chi connectivity index (χ2n) is 5.21. The van der Waals surface area contributed by atoms with Gasteiger partial charge in [0.25, 0.3) is 0 Å². The number of nitrogens with zero attached hydrogens (tertiary/aromatic N) is 1. The Kier molecular flexibility index (Phi) is 4.03. The molecule has 0 aliphatic carbocycles. The Hall–Kier alpha value is -1.39. The summed E-state index contributed by atoms with van der Waals surface area (Å²) in [6.45, 7) is 4.39. The van der Waals surface area contributed by atoms with Crippen LogP contribution in [0.3, 0.4) is 0 Å². The van der Waals surface area contributed by atoms with Crippen LogP contribution < -0.4 is 10.1 Å². The first-order chi connectivity index (χ1) is 9.78. The molecule has 1 aromatic carbocycles. The van der Waals surface area contributed by atoms with Crippen molar-refractivity contribution in [2.75, 3.05) is 20.2 Å². The minimum absolute atomic E-state index is 0.631. The van der Waals surface area contributed by atoms with Crippen LogP contribution in [-0.4, -0.2) is 25.2 Å². The molecular formula is C16H20N2OS. The van der Waals surface area contributed by atoms with Gasteiger partial charge >= 0.3 is 0 Å². The molecule has 1 aliphatic rings. The van der Waals surface area contributed by atoms with Crippen molar-refractivity contribution in [3.63, 3.8) is 0 Å². The predicted octanol–water partition coefficient (Wildman–Crippen LogP) is 3.59. The van der Waals surface area contributed by atoms with E-state index in [1.54, 1.807) is 7.11 Å². The molecule has 3 nitrogen and oxygen atoms in total. The Morgan fingerprint density at radius 3 is 2.55 bits per heavy atom. The van der Waals surface area contributed by atoms with E-state index in [1.807, 2.05) is 23.5 Å². The van der Waals surface area contributed by atoms with Gasteiger partial charge in [0, 0.05) is 16.4 Å². The topological polar surface area (TPSA) is 34.1 Å². The molecule has 3 rings (SSSR count). The zero-order chi connectivity index (χ0) is 13.9. The van der Waals surface area contributed by atoms with Gasteiger partial charge in [0.1, 0.15) is 5.75 Å². The third-order valence-corrected chi connectivity index (χ3v) is 5.00. The van der Waals surface area contributed by atoms with Gasteiger partial charge < -0.3 is 10.1 Å². The van der Waals surface area contributed by atoms with Gasteiger partial charge in [-0.25, -0.2) is 4.98 Å². The van der Waals surface area contributed by atoms with Crippen LogP contribution >= 0.6 is 11.3 Å². The Morgan fingerprint density at radius 2 is 1.90 bits per heavy atom. The Balaban J connectivity index is 1.87. The maximum Gasteiger partial charge on any atom is 0.118 e. The SMILES string of the molecule is COc1ccc(-c2nc(C3CCNCC3)sc2C)cc1. The predicted molar refractivity (Wildman–Crippen MR) is 83.7 cm³/mol. The van der Waals surface area contributed by atoms with Crippen molar-refractivity contribution in [3.05, 3.63) is 34.2 Å². The Bertz CT molecular complexity index is 571. The van der Waals surface area contributed by atoms with Gasteiger partial charge in [-0.1, -0.05) is 0 Å². The number of methoxy groups -OCH3 is 1. The molecule has 4 heteroatoms. The maximum atomic E-state index is 5.21. The molecule has 20 heavy (non-hydrogen) atoms. The van der Waals surface area contributed by atoms with E-state index < -0.39 is 0 Å². The first-order valence-electron chi connectivity index (χ1n) is 7.10. The van der Waals surface area contributed by atoms with E-state index in [0.29, 0.717) is 5.92 Å².